The van der Waals surface area contributed by atoms with Crippen LogP contribution in [-0.4, -0.2) is 36.1 Å². The lowest BCUT2D eigenvalue weighted by Gasteiger charge is -2.35. The zero-order chi connectivity index (χ0) is 20.1. The minimum atomic E-state index is -0.997. The minimum Gasteiger partial charge on any atom is -0.490 e. The van der Waals surface area contributed by atoms with E-state index in [-0.39, 0.29) is 28.9 Å². The fraction of sp³-hybridized carbons (Fsp3) is 0.579. The number of nitrogens with one attached hydrogen (secondary N) is 1. The summed E-state index contributed by atoms with van der Waals surface area (Å²) in [7, 11) is 1.31. The Labute approximate surface area is 158 Å². The summed E-state index contributed by atoms with van der Waals surface area (Å²) in [5, 5.41) is 14.0. The molecule has 27 heavy (non-hydrogen) atoms. The van der Waals surface area contributed by atoms with Crippen molar-refractivity contribution in [3.63, 3.8) is 0 Å². The first-order chi connectivity index (χ1) is 12.7. The number of methoxy groups -OCH3 is 1. The fourth-order valence-electron chi connectivity index (χ4n) is 3.33. The van der Waals surface area contributed by atoms with E-state index in [1.165, 1.54) is 26.2 Å². The predicted octanol–water partition coefficient (Wildman–Crippen LogP) is 3.09. The third-order valence-corrected chi connectivity index (χ3v) is 5.30. The van der Waals surface area contributed by atoms with Gasteiger partial charge in [-0.25, -0.2) is 4.79 Å². The van der Waals surface area contributed by atoms with Crippen LogP contribution in [0.4, 0.5) is 5.69 Å². The molecule has 148 valence electrons. The van der Waals surface area contributed by atoms with Gasteiger partial charge in [0.05, 0.1) is 17.6 Å². The molecule has 0 heterocycles. The number of carbonyl (C=O) groups excluding carboxylic acids is 2. The van der Waals surface area contributed by atoms with Gasteiger partial charge in [0.2, 0.25) is 0 Å². The number of carbonyl (C=O) groups is 2. The van der Waals surface area contributed by atoms with Gasteiger partial charge in [0.25, 0.3) is 5.91 Å². The Morgan fingerprint density at radius 1 is 1.30 bits per heavy atom. The van der Waals surface area contributed by atoms with Crippen molar-refractivity contribution < 1.29 is 24.0 Å². The van der Waals surface area contributed by atoms with Crippen molar-refractivity contribution in [2.75, 3.05) is 7.11 Å². The third-order valence-electron chi connectivity index (χ3n) is 5.30. The molecule has 4 atom stereocenters. The van der Waals surface area contributed by atoms with Crippen LogP contribution in [0.15, 0.2) is 18.2 Å². The number of nitrogens with zero attached hydrogens (tertiary/aromatic N) is 1. The molecule has 1 amide bonds. The van der Waals surface area contributed by atoms with Crippen LogP contribution in [-0.2, 0) is 9.53 Å². The summed E-state index contributed by atoms with van der Waals surface area (Å²) in [6.07, 6.45) is 2.11. The zero-order valence-electron chi connectivity index (χ0n) is 16.1. The van der Waals surface area contributed by atoms with Crippen LogP contribution < -0.4 is 10.1 Å². The number of amides is 1. The Bertz CT molecular complexity index is 720. The van der Waals surface area contributed by atoms with E-state index in [9.17, 15) is 19.7 Å². The van der Waals surface area contributed by atoms with E-state index in [2.05, 4.69) is 19.2 Å². The minimum absolute atomic E-state index is 0.0122. The van der Waals surface area contributed by atoms with Gasteiger partial charge in [-0.1, -0.05) is 26.7 Å². The molecule has 0 radical (unpaired) electrons. The Hall–Kier alpha value is -2.64. The number of hydrogen-bond donors (Lipinski definition) is 1. The number of hydrogen-bond acceptors (Lipinski definition) is 6. The van der Waals surface area contributed by atoms with E-state index in [0.29, 0.717) is 11.8 Å². The van der Waals surface area contributed by atoms with E-state index >= 15 is 0 Å². The van der Waals surface area contributed by atoms with E-state index in [0.717, 1.165) is 25.3 Å². The Kier molecular flexibility index (Phi) is 6.76. The van der Waals surface area contributed by atoms with E-state index in [1.54, 1.807) is 0 Å². The fourth-order valence-corrected chi connectivity index (χ4v) is 3.33. The van der Waals surface area contributed by atoms with Crippen molar-refractivity contribution >= 4 is 17.6 Å². The van der Waals surface area contributed by atoms with Crippen molar-refractivity contribution in [3.8, 4) is 5.75 Å². The third kappa shape index (κ3) is 4.96. The SMILES string of the molecule is COc1ccc(C(=O)O[C@H](C)C(=O)N[C@@H]2CCC[C@@H](C)[C@H]2C)cc1[N+](=O)[O-]. The maximum atomic E-state index is 12.4. The molecular formula is C19H26N2O6. The Morgan fingerprint density at radius 3 is 2.63 bits per heavy atom. The molecule has 1 aromatic carbocycles. The van der Waals surface area contributed by atoms with Gasteiger partial charge in [0, 0.05) is 12.1 Å². The number of esters is 1. The van der Waals surface area contributed by atoms with Crippen LogP contribution in [0.1, 0.15) is 50.4 Å². The molecule has 0 bridgehead atoms. The summed E-state index contributed by atoms with van der Waals surface area (Å²) in [6.45, 7) is 5.77. The quantitative estimate of drug-likeness (QED) is 0.463. The lowest BCUT2D eigenvalue weighted by Crippen LogP contribution is -2.47. The highest BCUT2D eigenvalue weighted by molar-refractivity contribution is 5.93. The first-order valence-electron chi connectivity index (χ1n) is 9.08. The molecule has 0 saturated heterocycles. The van der Waals surface area contributed by atoms with Crippen molar-refractivity contribution in [1.29, 1.82) is 0 Å². The topological polar surface area (TPSA) is 108 Å². The number of ether oxygens (including phenoxy) is 2. The van der Waals surface area contributed by atoms with E-state index < -0.39 is 17.0 Å². The number of nitro benzene ring substituents is 1. The van der Waals surface area contributed by atoms with Crippen LogP contribution in [0.5, 0.6) is 5.75 Å². The molecule has 1 N–H and O–H groups in total. The van der Waals surface area contributed by atoms with Crippen LogP contribution in [0.3, 0.4) is 0 Å². The maximum absolute atomic E-state index is 12.4. The summed E-state index contributed by atoms with van der Waals surface area (Å²) < 4.78 is 10.1. The molecule has 1 fully saturated rings. The molecule has 0 aliphatic heterocycles. The van der Waals surface area contributed by atoms with Crippen LogP contribution in [0.25, 0.3) is 0 Å². The standard InChI is InChI=1S/C19H26N2O6/c1-11-6-5-7-15(12(11)2)20-18(22)13(3)27-19(23)14-8-9-17(26-4)16(10-14)21(24)25/h8-13,15H,5-7H2,1-4H3,(H,20,22)/t11-,12-,13-,15-/m1/s1. The number of nitro groups is 1. The van der Waals surface area contributed by atoms with E-state index in [1.807, 2.05) is 0 Å². The van der Waals surface area contributed by atoms with Gasteiger partial charge in [-0.3, -0.25) is 14.9 Å². The number of benzene rings is 1. The van der Waals surface area contributed by atoms with E-state index in [4.69, 9.17) is 9.47 Å². The molecule has 1 saturated carbocycles. The Balaban J connectivity index is 2.01. The number of rotatable bonds is 6. The average Bonchev–Trinajstić information content (AvgIpc) is 2.64. The molecule has 1 aliphatic carbocycles. The van der Waals surface area contributed by atoms with Crippen LogP contribution in [0, 0.1) is 22.0 Å². The molecule has 1 aromatic rings. The second kappa shape index (κ2) is 8.83. The summed E-state index contributed by atoms with van der Waals surface area (Å²) >= 11 is 0. The van der Waals surface area contributed by atoms with Crippen LogP contribution >= 0.6 is 0 Å². The second-order valence-corrected chi connectivity index (χ2v) is 7.07. The summed E-state index contributed by atoms with van der Waals surface area (Å²) in [6, 6.07) is 3.83. The van der Waals surface area contributed by atoms with Gasteiger partial charge >= 0.3 is 11.7 Å². The van der Waals surface area contributed by atoms with Crippen molar-refractivity contribution in [3.05, 3.63) is 33.9 Å². The molecule has 0 aromatic heterocycles. The van der Waals surface area contributed by atoms with Crippen molar-refractivity contribution in [2.45, 2.75) is 52.2 Å². The molecule has 0 spiro atoms. The van der Waals surface area contributed by atoms with Gasteiger partial charge in [-0.2, -0.15) is 0 Å². The Morgan fingerprint density at radius 2 is 2.00 bits per heavy atom. The first-order valence-corrected chi connectivity index (χ1v) is 9.08. The predicted molar refractivity (Wildman–Crippen MR) is 98.6 cm³/mol. The zero-order valence-corrected chi connectivity index (χ0v) is 16.1. The highest BCUT2D eigenvalue weighted by atomic mass is 16.6. The molecule has 1 aliphatic rings. The molecule has 8 heteroatoms. The summed E-state index contributed by atoms with van der Waals surface area (Å²) in [5.74, 6) is -0.231. The van der Waals surface area contributed by atoms with Gasteiger partial charge in [-0.15, -0.1) is 0 Å². The molecule has 0 unspecified atom stereocenters. The normalized spacial score (nSPS) is 23.2. The second-order valence-electron chi connectivity index (χ2n) is 7.07. The lowest BCUT2D eigenvalue weighted by atomic mass is 9.78. The monoisotopic (exact) mass is 378 g/mol. The lowest BCUT2D eigenvalue weighted by molar-refractivity contribution is -0.385. The van der Waals surface area contributed by atoms with Gasteiger partial charge in [-0.05, 0) is 37.3 Å². The van der Waals surface area contributed by atoms with Crippen molar-refractivity contribution in [2.24, 2.45) is 11.8 Å². The highest BCUT2D eigenvalue weighted by Gasteiger charge is 2.30. The highest BCUT2D eigenvalue weighted by Crippen LogP contribution is 2.30. The summed E-state index contributed by atoms with van der Waals surface area (Å²) in [4.78, 5) is 35.1. The maximum Gasteiger partial charge on any atom is 0.339 e. The van der Waals surface area contributed by atoms with Gasteiger partial charge in [0.15, 0.2) is 11.9 Å². The average molecular weight is 378 g/mol. The first kappa shape index (κ1) is 20.7. The van der Waals surface area contributed by atoms with Gasteiger partial charge in [0.1, 0.15) is 0 Å². The van der Waals surface area contributed by atoms with Crippen LogP contribution in [0.2, 0.25) is 0 Å². The van der Waals surface area contributed by atoms with Gasteiger partial charge < -0.3 is 14.8 Å². The molecule has 8 nitrogen and oxygen atoms in total. The summed E-state index contributed by atoms with van der Waals surface area (Å²) in [5.41, 5.74) is -0.351. The smallest absolute Gasteiger partial charge is 0.339 e. The largest absolute Gasteiger partial charge is 0.490 e. The molecular weight excluding hydrogens is 352 g/mol. The van der Waals surface area contributed by atoms with Crippen molar-refractivity contribution in [1.82, 2.24) is 5.32 Å². The molecule has 2 rings (SSSR count).